The van der Waals surface area contributed by atoms with E-state index in [4.69, 9.17) is 16.3 Å². The highest BCUT2D eigenvalue weighted by atomic mass is 35.5. The summed E-state index contributed by atoms with van der Waals surface area (Å²) in [5, 5.41) is 14.2. The van der Waals surface area contributed by atoms with Crippen molar-refractivity contribution in [3.05, 3.63) is 54.9 Å². The maximum Gasteiger partial charge on any atom is 0.341 e. The topological polar surface area (TPSA) is 98.5 Å². The number of hydrogen-bond donors (Lipinski definition) is 1. The zero-order valence-electron chi connectivity index (χ0n) is 13.7. The Labute approximate surface area is 152 Å². The van der Waals surface area contributed by atoms with Gasteiger partial charge in [0.1, 0.15) is 10.6 Å². The fourth-order valence-corrected chi connectivity index (χ4v) is 3.73. The molecule has 1 heterocycles. The van der Waals surface area contributed by atoms with Gasteiger partial charge in [0, 0.05) is 16.0 Å². The minimum absolute atomic E-state index is 0.183. The third-order valence-corrected chi connectivity index (χ3v) is 4.88. The van der Waals surface area contributed by atoms with Crippen molar-refractivity contribution in [3.8, 4) is 0 Å². The number of carbonyl (C=O) groups excluding carboxylic acids is 2. The molecule has 2 rings (SSSR count). The molecular weight excluding hydrogens is 368 g/mol. The highest BCUT2D eigenvalue weighted by Gasteiger charge is 2.26. The monoisotopic (exact) mass is 382 g/mol. The van der Waals surface area contributed by atoms with Crippen LogP contribution in [0, 0.1) is 17.0 Å². The first-order valence-electron chi connectivity index (χ1n) is 7.26. The zero-order chi connectivity index (χ0) is 18.7. The van der Waals surface area contributed by atoms with Crippen molar-refractivity contribution in [2.45, 2.75) is 20.3 Å². The number of esters is 1. The van der Waals surface area contributed by atoms with Crippen molar-refractivity contribution >= 4 is 45.5 Å². The third-order valence-electron chi connectivity index (χ3n) is 3.58. The highest BCUT2D eigenvalue weighted by Crippen LogP contribution is 2.35. The Morgan fingerprint density at radius 2 is 2.08 bits per heavy atom. The van der Waals surface area contributed by atoms with Gasteiger partial charge in [0.25, 0.3) is 11.6 Å². The van der Waals surface area contributed by atoms with Crippen molar-refractivity contribution in [1.82, 2.24) is 0 Å². The molecule has 9 heteroatoms. The molecule has 25 heavy (non-hydrogen) atoms. The lowest BCUT2D eigenvalue weighted by molar-refractivity contribution is -0.385. The minimum atomic E-state index is -0.719. The second-order valence-electron chi connectivity index (χ2n) is 5.06. The Hall–Kier alpha value is -2.45. The van der Waals surface area contributed by atoms with Gasteiger partial charge in [-0.2, -0.15) is 0 Å². The lowest BCUT2D eigenvalue weighted by atomic mass is 10.1. The molecule has 0 aliphatic heterocycles. The number of nitrogens with one attached hydrogen (secondary N) is 1. The molecule has 132 valence electrons. The molecule has 0 radical (unpaired) electrons. The second kappa shape index (κ2) is 7.62. The van der Waals surface area contributed by atoms with Crippen LogP contribution in [0.2, 0.25) is 5.02 Å². The number of benzene rings is 1. The fraction of sp³-hybridized carbons (Fsp3) is 0.250. The minimum Gasteiger partial charge on any atom is -0.465 e. The molecule has 0 atom stereocenters. The number of thiophene rings is 1. The highest BCUT2D eigenvalue weighted by molar-refractivity contribution is 7.16. The average molecular weight is 383 g/mol. The summed E-state index contributed by atoms with van der Waals surface area (Å²) in [6, 6.07) is 3.71. The number of carbonyl (C=O) groups is 2. The van der Waals surface area contributed by atoms with Gasteiger partial charge in [-0.15, -0.1) is 11.3 Å². The van der Waals surface area contributed by atoms with Gasteiger partial charge in [-0.3, -0.25) is 14.9 Å². The van der Waals surface area contributed by atoms with Crippen LogP contribution in [0.25, 0.3) is 0 Å². The standard InChI is InChI=1S/C16H15ClN2O5S/c1-4-10-8(2)25-15(13(10)16(21)24-3)18-14(20)11-7-9(17)5-6-12(11)19(22)23/h5-7H,4H2,1-3H3,(H,18,20). The van der Waals surface area contributed by atoms with E-state index < -0.39 is 16.8 Å². The molecule has 2 aromatic rings. The van der Waals surface area contributed by atoms with Gasteiger partial charge in [0.2, 0.25) is 0 Å². The summed E-state index contributed by atoms with van der Waals surface area (Å²) in [5.41, 5.74) is 0.487. The maximum absolute atomic E-state index is 12.5. The van der Waals surface area contributed by atoms with E-state index in [0.717, 1.165) is 16.5 Å². The van der Waals surface area contributed by atoms with Gasteiger partial charge in [-0.25, -0.2) is 4.79 Å². The second-order valence-corrected chi connectivity index (χ2v) is 6.72. The molecular formula is C16H15ClN2O5S. The van der Waals surface area contributed by atoms with Crippen molar-refractivity contribution < 1.29 is 19.2 Å². The molecule has 1 amide bonds. The molecule has 0 spiro atoms. The number of methoxy groups -OCH3 is 1. The van der Waals surface area contributed by atoms with Gasteiger partial charge >= 0.3 is 5.97 Å². The normalized spacial score (nSPS) is 10.4. The lowest BCUT2D eigenvalue weighted by Gasteiger charge is -2.07. The van der Waals surface area contributed by atoms with Crippen LogP contribution in [0.1, 0.15) is 38.1 Å². The summed E-state index contributed by atoms with van der Waals surface area (Å²) in [7, 11) is 1.25. The van der Waals surface area contributed by atoms with Crippen LogP contribution >= 0.6 is 22.9 Å². The van der Waals surface area contributed by atoms with E-state index in [1.165, 1.54) is 30.6 Å². The maximum atomic E-state index is 12.5. The van der Waals surface area contributed by atoms with E-state index in [9.17, 15) is 19.7 Å². The smallest absolute Gasteiger partial charge is 0.341 e. The van der Waals surface area contributed by atoms with E-state index in [1.807, 2.05) is 13.8 Å². The van der Waals surface area contributed by atoms with Crippen molar-refractivity contribution in [3.63, 3.8) is 0 Å². The number of halogens is 1. The lowest BCUT2D eigenvalue weighted by Crippen LogP contribution is -2.16. The molecule has 0 saturated heterocycles. The van der Waals surface area contributed by atoms with Crippen LogP contribution in [-0.4, -0.2) is 23.9 Å². The Balaban J connectivity index is 2.48. The average Bonchev–Trinajstić information content (AvgIpc) is 2.88. The number of amides is 1. The van der Waals surface area contributed by atoms with Gasteiger partial charge in [0.15, 0.2) is 0 Å². The number of nitrogens with zero attached hydrogens (tertiary/aromatic N) is 1. The molecule has 0 bridgehead atoms. The van der Waals surface area contributed by atoms with Crippen LogP contribution in [0.4, 0.5) is 10.7 Å². The molecule has 0 aliphatic carbocycles. The van der Waals surface area contributed by atoms with Crippen molar-refractivity contribution in [1.29, 1.82) is 0 Å². The third kappa shape index (κ3) is 3.80. The van der Waals surface area contributed by atoms with Gasteiger partial charge in [0.05, 0.1) is 17.6 Å². The summed E-state index contributed by atoms with van der Waals surface area (Å²) >= 11 is 7.07. The summed E-state index contributed by atoms with van der Waals surface area (Å²) in [4.78, 5) is 35.9. The SMILES string of the molecule is CCc1c(C)sc(NC(=O)c2cc(Cl)ccc2[N+](=O)[O-])c1C(=O)OC. The fourth-order valence-electron chi connectivity index (χ4n) is 2.43. The quantitative estimate of drug-likeness (QED) is 0.474. The van der Waals surface area contributed by atoms with Crippen LogP contribution in [0.3, 0.4) is 0 Å². The molecule has 1 aromatic carbocycles. The molecule has 0 saturated carbocycles. The van der Waals surface area contributed by atoms with Crippen LogP contribution in [-0.2, 0) is 11.2 Å². The largest absolute Gasteiger partial charge is 0.465 e. The van der Waals surface area contributed by atoms with Crippen LogP contribution in [0.5, 0.6) is 0 Å². The van der Waals surface area contributed by atoms with Crippen LogP contribution in [0.15, 0.2) is 18.2 Å². The van der Waals surface area contributed by atoms with E-state index in [0.29, 0.717) is 11.4 Å². The van der Waals surface area contributed by atoms with Gasteiger partial charge in [-0.1, -0.05) is 18.5 Å². The summed E-state index contributed by atoms with van der Waals surface area (Å²) in [6.45, 7) is 3.71. The first-order chi connectivity index (χ1) is 11.8. The molecule has 7 nitrogen and oxygen atoms in total. The van der Waals surface area contributed by atoms with E-state index in [-0.39, 0.29) is 21.8 Å². The number of nitro groups is 1. The first kappa shape index (κ1) is 18.9. The van der Waals surface area contributed by atoms with E-state index in [2.05, 4.69) is 5.32 Å². The molecule has 0 unspecified atom stereocenters. The number of rotatable bonds is 5. The Kier molecular flexibility index (Phi) is 5.76. The van der Waals surface area contributed by atoms with Crippen molar-refractivity contribution in [2.24, 2.45) is 0 Å². The molecule has 0 fully saturated rings. The zero-order valence-corrected chi connectivity index (χ0v) is 15.3. The van der Waals surface area contributed by atoms with E-state index >= 15 is 0 Å². The Bertz CT molecular complexity index is 862. The number of aryl methyl sites for hydroxylation is 1. The summed E-state index contributed by atoms with van der Waals surface area (Å²) in [6.07, 6.45) is 0.583. The Morgan fingerprint density at radius 1 is 1.40 bits per heavy atom. The van der Waals surface area contributed by atoms with Crippen LogP contribution < -0.4 is 5.32 Å². The molecule has 1 N–H and O–H groups in total. The Morgan fingerprint density at radius 3 is 2.64 bits per heavy atom. The first-order valence-corrected chi connectivity index (χ1v) is 8.45. The summed E-state index contributed by atoms with van der Waals surface area (Å²) in [5.74, 6) is -1.29. The summed E-state index contributed by atoms with van der Waals surface area (Å²) < 4.78 is 4.79. The predicted molar refractivity (Wildman–Crippen MR) is 95.8 cm³/mol. The van der Waals surface area contributed by atoms with Gasteiger partial charge in [-0.05, 0) is 31.0 Å². The number of hydrogen-bond acceptors (Lipinski definition) is 6. The number of anilines is 1. The predicted octanol–water partition coefficient (Wildman–Crippen LogP) is 4.22. The molecule has 1 aromatic heterocycles. The number of nitro benzene ring substituents is 1. The van der Waals surface area contributed by atoms with Gasteiger partial charge < -0.3 is 10.1 Å². The van der Waals surface area contributed by atoms with Crippen molar-refractivity contribution in [2.75, 3.05) is 12.4 Å². The molecule has 0 aliphatic rings. The number of ether oxygens (including phenoxy) is 1. The van der Waals surface area contributed by atoms with E-state index in [1.54, 1.807) is 0 Å².